The van der Waals surface area contributed by atoms with Crippen molar-refractivity contribution < 1.29 is 22.4 Å². The van der Waals surface area contributed by atoms with Crippen molar-refractivity contribution in [2.75, 3.05) is 13.1 Å². The molecule has 8 heteroatoms. The van der Waals surface area contributed by atoms with Crippen LogP contribution in [0.3, 0.4) is 0 Å². The van der Waals surface area contributed by atoms with E-state index in [9.17, 15) is 22.4 Å². The van der Waals surface area contributed by atoms with Crippen LogP contribution in [0.25, 0.3) is 0 Å². The lowest BCUT2D eigenvalue weighted by Crippen LogP contribution is -2.45. The maximum atomic E-state index is 13.1. The molecule has 0 bridgehead atoms. The Balaban J connectivity index is 0.00000220. The third-order valence-corrected chi connectivity index (χ3v) is 3.17. The predicted octanol–water partition coefficient (Wildman–Crippen LogP) is 2.75. The second-order valence-corrected chi connectivity index (χ2v) is 4.71. The molecule has 1 aromatic rings. The molecule has 1 atom stereocenters. The second-order valence-electron chi connectivity index (χ2n) is 4.71. The summed E-state index contributed by atoms with van der Waals surface area (Å²) in [4.78, 5) is 11.9. The van der Waals surface area contributed by atoms with Crippen molar-refractivity contribution in [2.45, 2.75) is 25.1 Å². The Hall–Kier alpha value is -1.34. The molecule has 0 radical (unpaired) electrons. The summed E-state index contributed by atoms with van der Waals surface area (Å²) < 4.78 is 50.8. The van der Waals surface area contributed by atoms with Crippen LogP contribution in [-0.4, -0.2) is 25.0 Å². The van der Waals surface area contributed by atoms with Crippen molar-refractivity contribution in [3.8, 4) is 0 Å². The number of nitrogens with one attached hydrogen (secondary N) is 2. The lowest BCUT2D eigenvalue weighted by atomic mass is 10.1. The van der Waals surface area contributed by atoms with Gasteiger partial charge in [0.05, 0.1) is 5.56 Å². The highest BCUT2D eigenvalue weighted by atomic mass is 35.5. The van der Waals surface area contributed by atoms with E-state index in [4.69, 9.17) is 0 Å². The number of alkyl halides is 3. The Bertz CT molecular complexity index is 501. The molecule has 1 heterocycles. The molecule has 3 nitrogen and oxygen atoms in total. The van der Waals surface area contributed by atoms with E-state index in [0.29, 0.717) is 18.7 Å². The number of benzene rings is 1. The van der Waals surface area contributed by atoms with Gasteiger partial charge in [0.25, 0.3) is 5.91 Å². The average molecular weight is 327 g/mol. The Labute approximate surface area is 125 Å². The number of hydrogen-bond acceptors (Lipinski definition) is 2. The average Bonchev–Trinajstić information content (AvgIpc) is 2.39. The van der Waals surface area contributed by atoms with E-state index in [1.807, 2.05) is 0 Å². The fourth-order valence-corrected chi connectivity index (χ4v) is 2.13. The summed E-state index contributed by atoms with van der Waals surface area (Å²) in [7, 11) is 0. The molecule has 118 valence electrons. The molecule has 0 spiro atoms. The topological polar surface area (TPSA) is 41.1 Å². The van der Waals surface area contributed by atoms with Gasteiger partial charge in [0.1, 0.15) is 5.82 Å². The number of amides is 1. The summed E-state index contributed by atoms with van der Waals surface area (Å²) in [5, 5.41) is 5.72. The number of halogens is 5. The Morgan fingerprint density at radius 3 is 2.62 bits per heavy atom. The van der Waals surface area contributed by atoms with Gasteiger partial charge < -0.3 is 10.6 Å². The summed E-state index contributed by atoms with van der Waals surface area (Å²) in [5.41, 5.74) is -1.61. The van der Waals surface area contributed by atoms with Crippen LogP contribution in [0.1, 0.15) is 28.8 Å². The first-order chi connectivity index (χ1) is 9.38. The lowest BCUT2D eigenvalue weighted by Gasteiger charge is -2.24. The van der Waals surface area contributed by atoms with Crippen molar-refractivity contribution in [1.82, 2.24) is 10.6 Å². The van der Waals surface area contributed by atoms with Gasteiger partial charge in [0.2, 0.25) is 0 Å². The highest BCUT2D eigenvalue weighted by Gasteiger charge is 2.34. The van der Waals surface area contributed by atoms with Crippen LogP contribution >= 0.6 is 12.4 Å². The summed E-state index contributed by atoms with van der Waals surface area (Å²) in [6, 6.07) is 2.14. The van der Waals surface area contributed by atoms with Crippen molar-refractivity contribution in [3.05, 3.63) is 35.1 Å². The van der Waals surface area contributed by atoms with Crippen LogP contribution in [0.4, 0.5) is 17.6 Å². The largest absolute Gasteiger partial charge is 0.419 e. The van der Waals surface area contributed by atoms with Crippen molar-refractivity contribution in [2.24, 2.45) is 0 Å². The Morgan fingerprint density at radius 1 is 1.33 bits per heavy atom. The molecule has 0 aliphatic carbocycles. The van der Waals surface area contributed by atoms with Crippen molar-refractivity contribution in [3.63, 3.8) is 0 Å². The Kier molecular flexibility index (Phi) is 5.98. The highest BCUT2D eigenvalue weighted by Crippen LogP contribution is 2.31. The fraction of sp³-hybridized carbons (Fsp3) is 0.462. The van der Waals surface area contributed by atoms with Crippen LogP contribution in [0.5, 0.6) is 0 Å². The molecule has 1 aromatic carbocycles. The molecular weight excluding hydrogens is 312 g/mol. The first kappa shape index (κ1) is 17.7. The van der Waals surface area contributed by atoms with Crippen molar-refractivity contribution >= 4 is 18.3 Å². The smallest absolute Gasteiger partial charge is 0.348 e. The number of rotatable bonds is 2. The number of carbonyl (C=O) groups is 1. The van der Waals surface area contributed by atoms with Gasteiger partial charge in [-0.3, -0.25) is 4.79 Å². The van der Waals surface area contributed by atoms with Gasteiger partial charge in [-0.1, -0.05) is 0 Å². The van der Waals surface area contributed by atoms with E-state index in [-0.39, 0.29) is 24.0 Å². The van der Waals surface area contributed by atoms with Gasteiger partial charge >= 0.3 is 6.18 Å². The predicted molar refractivity (Wildman–Crippen MR) is 72.0 cm³/mol. The van der Waals surface area contributed by atoms with Crippen LogP contribution in [0.2, 0.25) is 0 Å². The first-order valence-corrected chi connectivity index (χ1v) is 6.26. The molecule has 0 aromatic heterocycles. The molecule has 1 fully saturated rings. The fourth-order valence-electron chi connectivity index (χ4n) is 2.13. The zero-order chi connectivity index (χ0) is 14.8. The zero-order valence-corrected chi connectivity index (χ0v) is 11.8. The maximum absolute atomic E-state index is 13.1. The minimum atomic E-state index is -4.81. The van der Waals surface area contributed by atoms with E-state index < -0.39 is 23.5 Å². The molecule has 1 aliphatic rings. The normalized spacial score (nSPS) is 18.8. The SMILES string of the molecule is Cl.O=C(N[C@@H]1CCCNC1)c1ccc(F)c(C(F)(F)F)c1. The molecule has 21 heavy (non-hydrogen) atoms. The van der Waals surface area contributed by atoms with Crippen LogP contribution < -0.4 is 10.6 Å². The number of carbonyl (C=O) groups excluding carboxylic acids is 1. The van der Waals surface area contributed by atoms with Crippen LogP contribution in [-0.2, 0) is 6.18 Å². The van der Waals surface area contributed by atoms with E-state index in [1.54, 1.807) is 0 Å². The van der Waals surface area contributed by atoms with Crippen molar-refractivity contribution in [1.29, 1.82) is 0 Å². The van der Waals surface area contributed by atoms with Gasteiger partial charge in [-0.05, 0) is 37.6 Å². The van der Waals surface area contributed by atoms with E-state index >= 15 is 0 Å². The molecular formula is C13H15ClF4N2O. The molecule has 0 saturated carbocycles. The quantitative estimate of drug-likeness (QED) is 0.821. The zero-order valence-electron chi connectivity index (χ0n) is 11.0. The molecule has 1 amide bonds. The van der Waals surface area contributed by atoms with Crippen LogP contribution in [0.15, 0.2) is 18.2 Å². The highest BCUT2D eigenvalue weighted by molar-refractivity contribution is 5.94. The lowest BCUT2D eigenvalue weighted by molar-refractivity contribution is -0.140. The molecule has 2 rings (SSSR count). The number of piperidine rings is 1. The third kappa shape index (κ3) is 4.57. The molecule has 1 aliphatic heterocycles. The minimum Gasteiger partial charge on any atom is -0.348 e. The van der Waals surface area contributed by atoms with E-state index in [1.165, 1.54) is 0 Å². The Morgan fingerprint density at radius 2 is 2.05 bits per heavy atom. The minimum absolute atomic E-state index is 0. The summed E-state index contributed by atoms with van der Waals surface area (Å²) in [6.45, 7) is 1.44. The van der Waals surface area contributed by atoms with E-state index in [2.05, 4.69) is 10.6 Å². The monoisotopic (exact) mass is 326 g/mol. The van der Waals surface area contributed by atoms with Gasteiger partial charge in [-0.25, -0.2) is 4.39 Å². The molecule has 2 N–H and O–H groups in total. The molecule has 1 saturated heterocycles. The standard InChI is InChI=1S/C13H14F4N2O.ClH/c14-11-4-3-8(6-10(11)13(15,16)17)12(20)19-9-2-1-5-18-7-9;/h3-4,6,9,18H,1-2,5,7H2,(H,19,20);1H/t9-;/m1./s1. The van der Waals surface area contributed by atoms with Gasteiger partial charge in [0.15, 0.2) is 0 Å². The molecule has 0 unspecified atom stereocenters. The third-order valence-electron chi connectivity index (χ3n) is 3.17. The second kappa shape index (κ2) is 7.09. The summed E-state index contributed by atoms with van der Waals surface area (Å²) in [6.07, 6.45) is -3.15. The number of hydrogen-bond donors (Lipinski definition) is 2. The summed E-state index contributed by atoms with van der Waals surface area (Å²) in [5.74, 6) is -2.00. The van der Waals surface area contributed by atoms with Gasteiger partial charge in [0, 0.05) is 18.2 Å². The van der Waals surface area contributed by atoms with Crippen LogP contribution in [0, 0.1) is 5.82 Å². The maximum Gasteiger partial charge on any atom is 0.419 e. The van der Waals surface area contributed by atoms with Gasteiger partial charge in [-0.15, -0.1) is 12.4 Å². The first-order valence-electron chi connectivity index (χ1n) is 6.26. The van der Waals surface area contributed by atoms with E-state index in [0.717, 1.165) is 25.5 Å². The summed E-state index contributed by atoms with van der Waals surface area (Å²) >= 11 is 0. The van der Waals surface area contributed by atoms with Gasteiger partial charge in [-0.2, -0.15) is 13.2 Å².